The minimum Gasteiger partial charge on any atom is -0.368 e. The van der Waals surface area contributed by atoms with E-state index in [9.17, 15) is 4.79 Å². The maximum Gasteiger partial charge on any atom is 0.321 e. The van der Waals surface area contributed by atoms with Crippen LogP contribution in [0.15, 0.2) is 36.0 Å². The van der Waals surface area contributed by atoms with E-state index in [4.69, 9.17) is 0 Å². The molecule has 1 N–H and O–H groups in total. The molecule has 0 aromatic heterocycles. The predicted molar refractivity (Wildman–Crippen MR) is 90.0 cm³/mol. The molecule has 0 radical (unpaired) electrons. The maximum atomic E-state index is 12.2. The minimum atomic E-state index is 0.0447. The molecule has 22 heavy (non-hydrogen) atoms. The number of piperazine rings is 1. The number of rotatable bonds is 2. The Hall–Kier alpha value is -1.97. The SMILES string of the molecule is Cc1cccc(N2CCN(C(=O)NC=C3CCCC3)CC2)c1. The number of anilines is 1. The number of amides is 2. The van der Waals surface area contributed by atoms with Crippen molar-refractivity contribution in [2.24, 2.45) is 0 Å². The zero-order valence-corrected chi connectivity index (χ0v) is 13.3. The van der Waals surface area contributed by atoms with Crippen LogP contribution in [0.5, 0.6) is 0 Å². The lowest BCUT2D eigenvalue weighted by molar-refractivity contribution is 0.198. The van der Waals surface area contributed by atoms with Gasteiger partial charge in [-0.3, -0.25) is 0 Å². The summed E-state index contributed by atoms with van der Waals surface area (Å²) < 4.78 is 0. The quantitative estimate of drug-likeness (QED) is 0.909. The lowest BCUT2D eigenvalue weighted by atomic mass is 10.2. The fraction of sp³-hybridized carbons (Fsp3) is 0.500. The average molecular weight is 299 g/mol. The van der Waals surface area contributed by atoms with Crippen LogP contribution in [0.3, 0.4) is 0 Å². The predicted octanol–water partition coefficient (Wildman–Crippen LogP) is 3.28. The van der Waals surface area contributed by atoms with Crippen LogP contribution in [0.25, 0.3) is 0 Å². The molecule has 4 nitrogen and oxygen atoms in total. The van der Waals surface area contributed by atoms with Gasteiger partial charge < -0.3 is 15.1 Å². The Labute approximate surface area is 132 Å². The van der Waals surface area contributed by atoms with Crippen molar-refractivity contribution in [2.75, 3.05) is 31.1 Å². The first-order valence-electron chi connectivity index (χ1n) is 8.27. The van der Waals surface area contributed by atoms with Crippen molar-refractivity contribution in [3.05, 3.63) is 41.6 Å². The molecule has 2 aliphatic rings. The van der Waals surface area contributed by atoms with Gasteiger partial charge in [0.15, 0.2) is 0 Å². The van der Waals surface area contributed by atoms with Gasteiger partial charge in [0.1, 0.15) is 0 Å². The van der Waals surface area contributed by atoms with Gasteiger partial charge in [0.25, 0.3) is 0 Å². The number of benzene rings is 1. The molecular formula is C18H25N3O. The number of urea groups is 1. The smallest absolute Gasteiger partial charge is 0.321 e. The standard InChI is InChI=1S/C18H25N3O/c1-15-5-4-8-17(13-15)20-9-11-21(12-10-20)18(22)19-14-16-6-2-3-7-16/h4-5,8,13-14H,2-3,6-7,9-12H2,1H3,(H,19,22). The first-order valence-corrected chi connectivity index (χ1v) is 8.27. The van der Waals surface area contributed by atoms with Gasteiger partial charge in [-0.1, -0.05) is 17.7 Å². The number of carbonyl (C=O) groups excluding carboxylic acids is 1. The molecule has 1 saturated heterocycles. The molecule has 0 unspecified atom stereocenters. The van der Waals surface area contributed by atoms with E-state index >= 15 is 0 Å². The topological polar surface area (TPSA) is 35.6 Å². The van der Waals surface area contributed by atoms with Crippen molar-refractivity contribution in [1.29, 1.82) is 0 Å². The van der Waals surface area contributed by atoms with E-state index in [1.54, 1.807) is 0 Å². The molecule has 1 aromatic carbocycles. The van der Waals surface area contributed by atoms with E-state index in [2.05, 4.69) is 41.4 Å². The Bertz CT molecular complexity index is 551. The zero-order chi connectivity index (χ0) is 15.4. The van der Waals surface area contributed by atoms with Gasteiger partial charge in [-0.25, -0.2) is 4.79 Å². The van der Waals surface area contributed by atoms with Gasteiger partial charge in [-0.2, -0.15) is 0 Å². The van der Waals surface area contributed by atoms with Crippen LogP contribution in [0.2, 0.25) is 0 Å². The number of allylic oxidation sites excluding steroid dienone is 1. The van der Waals surface area contributed by atoms with Crippen molar-refractivity contribution in [2.45, 2.75) is 32.6 Å². The lowest BCUT2D eigenvalue weighted by Crippen LogP contribution is -2.51. The first kappa shape index (κ1) is 14.9. The molecule has 0 spiro atoms. The maximum absolute atomic E-state index is 12.2. The van der Waals surface area contributed by atoms with Crippen molar-refractivity contribution < 1.29 is 4.79 Å². The Morgan fingerprint density at radius 1 is 1.14 bits per heavy atom. The molecule has 0 atom stereocenters. The third kappa shape index (κ3) is 3.62. The third-order valence-corrected chi connectivity index (χ3v) is 4.58. The van der Waals surface area contributed by atoms with Gasteiger partial charge in [-0.05, 0) is 50.3 Å². The second-order valence-corrected chi connectivity index (χ2v) is 6.27. The number of hydrogen-bond acceptors (Lipinski definition) is 2. The van der Waals surface area contributed by atoms with Crippen molar-refractivity contribution in [1.82, 2.24) is 10.2 Å². The Morgan fingerprint density at radius 2 is 1.86 bits per heavy atom. The number of carbonyl (C=O) groups is 1. The monoisotopic (exact) mass is 299 g/mol. The van der Waals surface area contributed by atoms with Crippen LogP contribution in [-0.2, 0) is 0 Å². The van der Waals surface area contributed by atoms with Crippen LogP contribution in [0.4, 0.5) is 10.5 Å². The summed E-state index contributed by atoms with van der Waals surface area (Å²) >= 11 is 0. The van der Waals surface area contributed by atoms with E-state index in [-0.39, 0.29) is 6.03 Å². The van der Waals surface area contributed by atoms with Gasteiger partial charge in [0, 0.05) is 38.1 Å². The van der Waals surface area contributed by atoms with Crippen LogP contribution in [0.1, 0.15) is 31.2 Å². The molecule has 4 heteroatoms. The molecule has 1 aliphatic carbocycles. The summed E-state index contributed by atoms with van der Waals surface area (Å²) in [6.07, 6.45) is 6.73. The molecule has 3 rings (SSSR count). The summed E-state index contributed by atoms with van der Waals surface area (Å²) in [7, 11) is 0. The van der Waals surface area contributed by atoms with E-state index in [1.165, 1.54) is 29.7 Å². The summed E-state index contributed by atoms with van der Waals surface area (Å²) in [6.45, 7) is 5.47. The molecule has 2 amide bonds. The fourth-order valence-corrected chi connectivity index (χ4v) is 3.22. The molecule has 118 valence electrons. The zero-order valence-electron chi connectivity index (χ0n) is 13.3. The first-order chi connectivity index (χ1) is 10.7. The van der Waals surface area contributed by atoms with Gasteiger partial charge in [-0.15, -0.1) is 0 Å². The summed E-state index contributed by atoms with van der Waals surface area (Å²) in [5, 5.41) is 2.96. The van der Waals surface area contributed by atoms with E-state index < -0.39 is 0 Å². The van der Waals surface area contributed by atoms with Crippen molar-refractivity contribution in [3.63, 3.8) is 0 Å². The van der Waals surface area contributed by atoms with Gasteiger partial charge >= 0.3 is 6.03 Å². The summed E-state index contributed by atoms with van der Waals surface area (Å²) in [5.41, 5.74) is 3.92. The van der Waals surface area contributed by atoms with Crippen LogP contribution in [0, 0.1) is 6.92 Å². The number of hydrogen-bond donors (Lipinski definition) is 1. The van der Waals surface area contributed by atoms with Crippen molar-refractivity contribution in [3.8, 4) is 0 Å². The lowest BCUT2D eigenvalue weighted by Gasteiger charge is -2.36. The average Bonchev–Trinajstić information content (AvgIpc) is 3.06. The number of nitrogens with zero attached hydrogens (tertiary/aromatic N) is 2. The molecule has 1 saturated carbocycles. The van der Waals surface area contributed by atoms with Gasteiger partial charge in [0.05, 0.1) is 0 Å². The normalized spacial score (nSPS) is 18.5. The Balaban J connectivity index is 1.50. The molecular weight excluding hydrogens is 274 g/mol. The highest BCUT2D eigenvalue weighted by molar-refractivity contribution is 5.75. The van der Waals surface area contributed by atoms with Gasteiger partial charge in [0.2, 0.25) is 0 Å². The van der Waals surface area contributed by atoms with Crippen LogP contribution < -0.4 is 10.2 Å². The minimum absolute atomic E-state index is 0.0447. The summed E-state index contributed by atoms with van der Waals surface area (Å²) in [6, 6.07) is 8.61. The highest BCUT2D eigenvalue weighted by Crippen LogP contribution is 2.23. The second kappa shape index (κ2) is 6.86. The molecule has 2 fully saturated rings. The van der Waals surface area contributed by atoms with Crippen LogP contribution in [-0.4, -0.2) is 37.1 Å². The third-order valence-electron chi connectivity index (χ3n) is 4.58. The highest BCUT2D eigenvalue weighted by Gasteiger charge is 2.21. The van der Waals surface area contributed by atoms with Crippen molar-refractivity contribution >= 4 is 11.7 Å². The fourth-order valence-electron chi connectivity index (χ4n) is 3.22. The Kier molecular flexibility index (Phi) is 4.66. The largest absolute Gasteiger partial charge is 0.368 e. The number of aryl methyl sites for hydroxylation is 1. The molecule has 1 aromatic rings. The van der Waals surface area contributed by atoms with Crippen LogP contribution >= 0.6 is 0 Å². The molecule has 1 aliphatic heterocycles. The number of nitrogens with one attached hydrogen (secondary N) is 1. The molecule has 1 heterocycles. The highest BCUT2D eigenvalue weighted by atomic mass is 16.2. The van der Waals surface area contributed by atoms with E-state index in [0.29, 0.717) is 0 Å². The van der Waals surface area contributed by atoms with E-state index in [0.717, 1.165) is 39.0 Å². The summed E-state index contributed by atoms with van der Waals surface area (Å²) in [4.78, 5) is 16.5. The van der Waals surface area contributed by atoms with E-state index in [1.807, 2.05) is 11.1 Å². The summed E-state index contributed by atoms with van der Waals surface area (Å²) in [5.74, 6) is 0. The Morgan fingerprint density at radius 3 is 2.55 bits per heavy atom. The molecule has 0 bridgehead atoms. The second-order valence-electron chi connectivity index (χ2n) is 6.27.